The Bertz CT molecular complexity index is 712. The fourth-order valence-corrected chi connectivity index (χ4v) is 3.33. The Labute approximate surface area is 135 Å². The highest BCUT2D eigenvalue weighted by Crippen LogP contribution is 2.23. The Hall–Kier alpha value is -2.30. The molecule has 0 spiro atoms. The van der Waals surface area contributed by atoms with Crippen LogP contribution in [0, 0.1) is 0 Å². The molecule has 1 aliphatic rings. The molecule has 0 bridgehead atoms. The smallest absolute Gasteiger partial charge is 0.261 e. The van der Waals surface area contributed by atoms with E-state index in [1.54, 1.807) is 30.5 Å². The van der Waals surface area contributed by atoms with Crippen molar-refractivity contribution in [3.05, 3.63) is 46.4 Å². The first-order valence-electron chi connectivity index (χ1n) is 8.29. The van der Waals surface area contributed by atoms with Crippen molar-refractivity contribution in [2.45, 2.75) is 45.1 Å². The molecule has 5 nitrogen and oxygen atoms in total. The lowest BCUT2D eigenvalue weighted by Crippen LogP contribution is -2.43. The number of nitrogens with one attached hydrogen (secondary N) is 1. The predicted octanol–water partition coefficient (Wildman–Crippen LogP) is 3.43. The maximum Gasteiger partial charge on any atom is 0.261 e. The summed E-state index contributed by atoms with van der Waals surface area (Å²) < 4.78 is 5.27. The molecule has 0 aliphatic heterocycles. The number of nitrogens with zero attached hydrogens (tertiary/aromatic N) is 1. The Morgan fingerprint density at radius 1 is 1.26 bits per heavy atom. The summed E-state index contributed by atoms with van der Waals surface area (Å²) in [5, 5.41) is 0. The zero-order valence-electron chi connectivity index (χ0n) is 13.4. The molecule has 1 aliphatic carbocycles. The molecule has 2 aromatic heterocycles. The number of aromatic nitrogens is 1. The summed E-state index contributed by atoms with van der Waals surface area (Å²) in [5.74, 6) is 0.410. The van der Waals surface area contributed by atoms with Gasteiger partial charge in [0, 0.05) is 12.6 Å². The molecule has 0 radical (unpaired) electrons. The van der Waals surface area contributed by atoms with Gasteiger partial charge in [-0.25, -0.2) is 0 Å². The van der Waals surface area contributed by atoms with Crippen LogP contribution in [0.4, 0.5) is 0 Å². The Kier molecular flexibility index (Phi) is 4.65. The van der Waals surface area contributed by atoms with Crippen LogP contribution in [0.3, 0.4) is 0 Å². The van der Waals surface area contributed by atoms with Gasteiger partial charge in [0.2, 0.25) is 0 Å². The molecular formula is C18H22N2O3. The minimum atomic E-state index is -0.363. The van der Waals surface area contributed by atoms with Crippen molar-refractivity contribution in [3.8, 4) is 11.5 Å². The van der Waals surface area contributed by atoms with Crippen LogP contribution in [-0.4, -0.2) is 28.4 Å². The average Bonchev–Trinajstić information content (AvgIpc) is 3.11. The molecule has 0 atom stereocenters. The summed E-state index contributed by atoms with van der Waals surface area (Å²) in [6, 6.07) is 7.11. The first-order valence-corrected chi connectivity index (χ1v) is 8.29. The second-order valence-corrected chi connectivity index (χ2v) is 5.98. The topological polar surface area (TPSA) is 66.3 Å². The van der Waals surface area contributed by atoms with Crippen molar-refractivity contribution in [1.82, 2.24) is 9.88 Å². The molecule has 0 saturated heterocycles. The molecule has 0 unspecified atom stereocenters. The minimum Gasteiger partial charge on any atom is -0.463 e. The van der Waals surface area contributed by atoms with Gasteiger partial charge in [-0.05, 0) is 44.0 Å². The van der Waals surface area contributed by atoms with Crippen LogP contribution in [0.25, 0.3) is 11.5 Å². The molecule has 1 fully saturated rings. The number of hydrogen-bond donors (Lipinski definition) is 1. The SMILES string of the molecule is CCN(C(=O)c1ccc(-c2ccco2)[nH]c1=O)C1CCCCC1. The summed E-state index contributed by atoms with van der Waals surface area (Å²) >= 11 is 0. The molecule has 23 heavy (non-hydrogen) atoms. The molecule has 2 heterocycles. The molecule has 3 rings (SSSR count). The largest absolute Gasteiger partial charge is 0.463 e. The van der Waals surface area contributed by atoms with E-state index in [-0.39, 0.29) is 23.1 Å². The number of aromatic amines is 1. The molecule has 5 heteroatoms. The maximum absolute atomic E-state index is 12.8. The highest BCUT2D eigenvalue weighted by atomic mass is 16.3. The van der Waals surface area contributed by atoms with E-state index in [4.69, 9.17) is 4.42 Å². The number of furan rings is 1. The van der Waals surface area contributed by atoms with Crippen LogP contribution < -0.4 is 5.56 Å². The van der Waals surface area contributed by atoms with Crippen molar-refractivity contribution < 1.29 is 9.21 Å². The number of H-pyrrole nitrogens is 1. The van der Waals surface area contributed by atoms with E-state index in [0.717, 1.165) is 25.7 Å². The normalized spacial score (nSPS) is 15.5. The van der Waals surface area contributed by atoms with Gasteiger partial charge in [0.1, 0.15) is 11.3 Å². The first-order chi connectivity index (χ1) is 11.2. The zero-order valence-corrected chi connectivity index (χ0v) is 13.4. The van der Waals surface area contributed by atoms with Gasteiger partial charge < -0.3 is 14.3 Å². The molecule has 0 aromatic carbocycles. The number of carbonyl (C=O) groups is 1. The van der Waals surface area contributed by atoms with Crippen LogP contribution in [0.2, 0.25) is 0 Å². The standard InChI is InChI=1S/C18H22N2O3/c1-2-20(13-7-4-3-5-8-13)18(22)14-10-11-15(19-17(14)21)16-9-6-12-23-16/h6,9-13H,2-5,7-8H2,1H3,(H,19,21). The number of rotatable bonds is 4. The van der Waals surface area contributed by atoms with Gasteiger partial charge in [-0.2, -0.15) is 0 Å². The van der Waals surface area contributed by atoms with E-state index in [1.165, 1.54) is 6.42 Å². The zero-order chi connectivity index (χ0) is 16.2. The first kappa shape index (κ1) is 15.6. The van der Waals surface area contributed by atoms with Crippen LogP contribution >= 0.6 is 0 Å². The van der Waals surface area contributed by atoms with Crippen LogP contribution in [0.5, 0.6) is 0 Å². The summed E-state index contributed by atoms with van der Waals surface area (Å²) in [6.45, 7) is 2.60. The minimum absolute atomic E-state index is 0.174. The molecule has 2 aromatic rings. The summed E-state index contributed by atoms with van der Waals surface area (Å²) in [4.78, 5) is 29.7. The van der Waals surface area contributed by atoms with Gasteiger partial charge in [0.05, 0.1) is 12.0 Å². The van der Waals surface area contributed by atoms with Crippen molar-refractivity contribution >= 4 is 5.91 Å². The lowest BCUT2D eigenvalue weighted by Gasteiger charge is -2.33. The van der Waals surface area contributed by atoms with Crippen LogP contribution in [-0.2, 0) is 0 Å². The van der Waals surface area contributed by atoms with Crippen LogP contribution in [0.15, 0.2) is 39.7 Å². The second-order valence-electron chi connectivity index (χ2n) is 5.98. The van der Waals surface area contributed by atoms with Crippen molar-refractivity contribution in [2.75, 3.05) is 6.54 Å². The highest BCUT2D eigenvalue weighted by Gasteiger charge is 2.26. The molecule has 1 amide bonds. The quantitative estimate of drug-likeness (QED) is 0.940. The monoisotopic (exact) mass is 314 g/mol. The average molecular weight is 314 g/mol. The Morgan fingerprint density at radius 3 is 2.65 bits per heavy atom. The van der Waals surface area contributed by atoms with E-state index in [0.29, 0.717) is 18.0 Å². The summed E-state index contributed by atoms with van der Waals surface area (Å²) in [6.07, 6.45) is 7.16. The predicted molar refractivity (Wildman–Crippen MR) is 88.3 cm³/mol. The van der Waals surface area contributed by atoms with E-state index < -0.39 is 0 Å². The molecule has 1 N–H and O–H groups in total. The van der Waals surface area contributed by atoms with Gasteiger partial charge in [-0.3, -0.25) is 9.59 Å². The van der Waals surface area contributed by atoms with Crippen LogP contribution in [0.1, 0.15) is 49.4 Å². The fraction of sp³-hybridized carbons (Fsp3) is 0.444. The lowest BCUT2D eigenvalue weighted by molar-refractivity contribution is 0.0646. The van der Waals surface area contributed by atoms with Gasteiger partial charge in [0.25, 0.3) is 11.5 Å². The summed E-state index contributed by atoms with van der Waals surface area (Å²) in [7, 11) is 0. The van der Waals surface area contributed by atoms with Crippen molar-refractivity contribution in [1.29, 1.82) is 0 Å². The van der Waals surface area contributed by atoms with E-state index >= 15 is 0 Å². The third-order valence-corrected chi connectivity index (χ3v) is 4.54. The van der Waals surface area contributed by atoms with Gasteiger partial charge in [0.15, 0.2) is 0 Å². The van der Waals surface area contributed by atoms with E-state index in [9.17, 15) is 9.59 Å². The van der Waals surface area contributed by atoms with E-state index in [2.05, 4.69) is 4.98 Å². The number of hydrogen-bond acceptors (Lipinski definition) is 3. The molecule has 122 valence electrons. The Balaban J connectivity index is 1.85. The van der Waals surface area contributed by atoms with Gasteiger partial charge in [-0.1, -0.05) is 19.3 Å². The lowest BCUT2D eigenvalue weighted by atomic mass is 9.94. The second kappa shape index (κ2) is 6.86. The molecular weight excluding hydrogens is 292 g/mol. The molecule has 1 saturated carbocycles. The third kappa shape index (κ3) is 3.23. The third-order valence-electron chi connectivity index (χ3n) is 4.54. The Morgan fingerprint density at radius 2 is 2.04 bits per heavy atom. The van der Waals surface area contributed by atoms with Gasteiger partial charge in [-0.15, -0.1) is 0 Å². The number of carbonyl (C=O) groups excluding carboxylic acids is 1. The highest BCUT2D eigenvalue weighted by molar-refractivity contribution is 5.94. The summed E-state index contributed by atoms with van der Waals surface area (Å²) in [5.41, 5.74) is 0.420. The van der Waals surface area contributed by atoms with Gasteiger partial charge >= 0.3 is 0 Å². The maximum atomic E-state index is 12.8. The number of amides is 1. The van der Waals surface area contributed by atoms with E-state index in [1.807, 2.05) is 11.8 Å². The fourth-order valence-electron chi connectivity index (χ4n) is 3.33. The van der Waals surface area contributed by atoms with Crippen molar-refractivity contribution in [2.24, 2.45) is 0 Å². The number of pyridine rings is 1. The van der Waals surface area contributed by atoms with Crippen molar-refractivity contribution in [3.63, 3.8) is 0 Å².